The zero-order chi connectivity index (χ0) is 25.1. The summed E-state index contributed by atoms with van der Waals surface area (Å²) in [6.07, 6.45) is 3.46. The van der Waals surface area contributed by atoms with Crippen molar-refractivity contribution in [3.8, 4) is 17.5 Å². The number of anilines is 1. The second kappa shape index (κ2) is 10.1. The van der Waals surface area contributed by atoms with E-state index in [9.17, 15) is 15.2 Å². The molecule has 36 heavy (non-hydrogen) atoms. The lowest BCUT2D eigenvalue weighted by atomic mass is 9.92. The van der Waals surface area contributed by atoms with Gasteiger partial charge in [-0.15, -0.1) is 0 Å². The highest BCUT2D eigenvalue weighted by atomic mass is 16.6. The predicted octanol–water partition coefficient (Wildman–Crippen LogP) is 3.81. The minimum atomic E-state index is -0.517. The largest absolute Gasteiger partial charge is 0.493 e. The maximum absolute atomic E-state index is 11.0. The fraction of sp³-hybridized carbons (Fsp3) is 0.423. The minimum Gasteiger partial charge on any atom is -0.493 e. The molecule has 0 unspecified atom stereocenters. The van der Waals surface area contributed by atoms with E-state index in [0.717, 1.165) is 48.7 Å². The molecule has 0 radical (unpaired) electrons. The summed E-state index contributed by atoms with van der Waals surface area (Å²) < 4.78 is 19.5. The van der Waals surface area contributed by atoms with Gasteiger partial charge < -0.3 is 34.3 Å². The minimum absolute atomic E-state index is 0.0370. The molecule has 1 N–H and O–H groups in total. The fourth-order valence-corrected chi connectivity index (χ4v) is 4.59. The Labute approximate surface area is 209 Å². The molecule has 10 heteroatoms. The van der Waals surface area contributed by atoms with E-state index in [-0.39, 0.29) is 30.0 Å². The molecule has 3 heterocycles. The number of nitro groups is 1. The third-order valence-corrected chi connectivity index (χ3v) is 6.66. The molecule has 10 nitrogen and oxygen atoms in total. The van der Waals surface area contributed by atoms with E-state index in [2.05, 4.69) is 22.0 Å². The van der Waals surface area contributed by atoms with Gasteiger partial charge in [0.1, 0.15) is 30.4 Å². The van der Waals surface area contributed by atoms with Crippen LogP contribution in [-0.4, -0.2) is 52.0 Å². The van der Waals surface area contributed by atoms with Crippen molar-refractivity contribution in [1.29, 1.82) is 0 Å². The third kappa shape index (κ3) is 5.38. The van der Waals surface area contributed by atoms with E-state index in [1.807, 2.05) is 43.3 Å². The normalized spacial score (nSPS) is 19.9. The molecule has 2 aliphatic heterocycles. The summed E-state index contributed by atoms with van der Waals surface area (Å²) in [6, 6.07) is 16.0. The smallest absolute Gasteiger partial charge is 0.414 e. The van der Waals surface area contributed by atoms with Gasteiger partial charge >= 0.3 is 11.8 Å². The first-order valence-electron chi connectivity index (χ1n) is 12.1. The lowest BCUT2D eigenvalue weighted by molar-refractivity contribution is -0.389. The van der Waals surface area contributed by atoms with Gasteiger partial charge in [-0.2, -0.15) is 0 Å². The molecule has 0 bridgehead atoms. The Kier molecular flexibility index (Phi) is 6.69. The molecule has 1 saturated heterocycles. The van der Waals surface area contributed by atoms with Crippen LogP contribution in [0.4, 0.5) is 11.5 Å². The highest BCUT2D eigenvalue weighted by Gasteiger charge is 2.36. The van der Waals surface area contributed by atoms with Crippen LogP contribution in [0.3, 0.4) is 0 Å². The number of hydrogen-bond donors (Lipinski definition) is 1. The van der Waals surface area contributed by atoms with Crippen LogP contribution in [0, 0.1) is 15.5 Å². The first-order valence-corrected chi connectivity index (χ1v) is 12.1. The monoisotopic (exact) mass is 494 g/mol. The molecular formula is C26H30N4O6. The van der Waals surface area contributed by atoms with Crippen LogP contribution < -0.4 is 19.1 Å². The summed E-state index contributed by atoms with van der Waals surface area (Å²) >= 11 is 0. The van der Waals surface area contributed by atoms with Crippen molar-refractivity contribution in [1.82, 2.24) is 9.55 Å². The Hall–Kier alpha value is -3.79. The Balaban J connectivity index is 1.10. The molecular weight excluding hydrogens is 464 g/mol. The summed E-state index contributed by atoms with van der Waals surface area (Å²) in [7, 11) is 0. The SMILES string of the molecule is C[C@@]1(COc2ccc(N3CCC(Oc4ccc(CO)cc4)CC3)cc2)COc2nc([N+](=O)[O-])cn2C1. The second-order valence-corrected chi connectivity index (χ2v) is 9.75. The van der Waals surface area contributed by atoms with Gasteiger partial charge in [-0.25, -0.2) is 0 Å². The van der Waals surface area contributed by atoms with Gasteiger partial charge in [0, 0.05) is 43.1 Å². The standard InChI is InChI=1S/C26H30N4O6/c1-26(16-29-14-24(30(32)33)27-25(29)35-18-26)17-34-21-8-4-20(5-9-21)28-12-10-23(11-13-28)36-22-6-2-19(15-31)3-7-22/h2-9,14,23,31H,10-13,15-18H2,1H3/t26-/m1/s1. The van der Waals surface area contributed by atoms with Gasteiger partial charge in [-0.05, 0) is 46.9 Å². The number of aromatic nitrogens is 2. The van der Waals surface area contributed by atoms with E-state index in [1.54, 1.807) is 4.57 Å². The average Bonchev–Trinajstić information content (AvgIpc) is 3.32. The van der Waals surface area contributed by atoms with Crippen molar-refractivity contribution >= 4 is 11.5 Å². The van der Waals surface area contributed by atoms with Crippen LogP contribution >= 0.6 is 0 Å². The molecule has 2 aliphatic rings. The van der Waals surface area contributed by atoms with Crippen LogP contribution in [0.2, 0.25) is 0 Å². The number of rotatable bonds is 8. The van der Waals surface area contributed by atoms with Crippen molar-refractivity contribution in [3.63, 3.8) is 0 Å². The number of nitrogens with zero attached hydrogens (tertiary/aromatic N) is 4. The molecule has 1 fully saturated rings. The van der Waals surface area contributed by atoms with E-state index in [0.29, 0.717) is 19.8 Å². The van der Waals surface area contributed by atoms with E-state index >= 15 is 0 Å². The predicted molar refractivity (Wildman–Crippen MR) is 133 cm³/mol. The number of imidazole rings is 1. The zero-order valence-corrected chi connectivity index (χ0v) is 20.2. The van der Waals surface area contributed by atoms with Crippen molar-refractivity contribution in [2.24, 2.45) is 5.41 Å². The Morgan fingerprint density at radius 2 is 1.83 bits per heavy atom. The van der Waals surface area contributed by atoms with E-state index in [1.165, 1.54) is 6.20 Å². The maximum Gasteiger partial charge on any atom is 0.414 e. The zero-order valence-electron chi connectivity index (χ0n) is 20.2. The summed E-state index contributed by atoms with van der Waals surface area (Å²) in [5, 5.41) is 20.1. The molecule has 0 spiro atoms. The molecule has 1 atom stereocenters. The number of hydrogen-bond acceptors (Lipinski definition) is 8. The molecule has 2 aromatic carbocycles. The molecule has 0 amide bonds. The highest BCUT2D eigenvalue weighted by molar-refractivity contribution is 5.49. The van der Waals surface area contributed by atoms with Crippen LogP contribution in [0.5, 0.6) is 17.5 Å². The van der Waals surface area contributed by atoms with Gasteiger partial charge in [0.15, 0.2) is 0 Å². The molecule has 3 aromatic rings. The quantitative estimate of drug-likeness (QED) is 0.372. The van der Waals surface area contributed by atoms with Crippen LogP contribution in [0.1, 0.15) is 25.3 Å². The van der Waals surface area contributed by atoms with Crippen molar-refractivity contribution in [2.45, 2.75) is 39.0 Å². The van der Waals surface area contributed by atoms with Gasteiger partial charge in [0.2, 0.25) is 0 Å². The van der Waals surface area contributed by atoms with E-state index < -0.39 is 4.92 Å². The first-order chi connectivity index (χ1) is 17.4. The molecule has 0 aliphatic carbocycles. The lowest BCUT2D eigenvalue weighted by Gasteiger charge is -2.34. The molecule has 190 valence electrons. The number of benzene rings is 2. The van der Waals surface area contributed by atoms with Crippen molar-refractivity contribution < 1.29 is 24.2 Å². The Morgan fingerprint density at radius 3 is 2.50 bits per heavy atom. The number of fused-ring (bicyclic) bond motifs is 1. The summed E-state index contributed by atoms with van der Waals surface area (Å²) in [4.78, 5) is 16.7. The first kappa shape index (κ1) is 23.9. The third-order valence-electron chi connectivity index (χ3n) is 6.66. The molecule has 0 saturated carbocycles. The lowest BCUT2D eigenvalue weighted by Crippen LogP contribution is -2.40. The van der Waals surface area contributed by atoms with Crippen LogP contribution in [0.25, 0.3) is 0 Å². The van der Waals surface area contributed by atoms with E-state index in [4.69, 9.17) is 14.2 Å². The van der Waals surface area contributed by atoms with Crippen LogP contribution in [0.15, 0.2) is 54.7 Å². The average molecular weight is 495 g/mol. The van der Waals surface area contributed by atoms with Gasteiger partial charge in [-0.3, -0.25) is 4.57 Å². The van der Waals surface area contributed by atoms with Gasteiger partial charge in [-0.1, -0.05) is 19.1 Å². The number of aliphatic hydroxyl groups excluding tert-OH is 1. The summed E-state index contributed by atoms with van der Waals surface area (Å²) in [6.45, 7) is 5.22. The summed E-state index contributed by atoms with van der Waals surface area (Å²) in [5.41, 5.74) is 1.70. The molecule has 1 aromatic heterocycles. The number of piperidine rings is 1. The molecule has 5 rings (SSSR count). The number of ether oxygens (including phenoxy) is 3. The van der Waals surface area contributed by atoms with Gasteiger partial charge in [0.05, 0.1) is 18.6 Å². The fourth-order valence-electron chi connectivity index (χ4n) is 4.59. The Bertz CT molecular complexity index is 1190. The Morgan fingerprint density at radius 1 is 1.14 bits per heavy atom. The van der Waals surface area contributed by atoms with Crippen molar-refractivity contribution in [3.05, 3.63) is 70.4 Å². The number of aliphatic hydroxyl groups is 1. The summed E-state index contributed by atoms with van der Waals surface area (Å²) in [5.74, 6) is 1.40. The maximum atomic E-state index is 11.0. The highest BCUT2D eigenvalue weighted by Crippen LogP contribution is 2.32. The second-order valence-electron chi connectivity index (χ2n) is 9.75. The van der Waals surface area contributed by atoms with Crippen LogP contribution in [-0.2, 0) is 13.2 Å². The van der Waals surface area contributed by atoms with Gasteiger partial charge in [0.25, 0.3) is 0 Å². The van der Waals surface area contributed by atoms with Crippen molar-refractivity contribution in [2.75, 3.05) is 31.2 Å². The topological polar surface area (TPSA) is 112 Å².